The van der Waals surface area contributed by atoms with Crippen LogP contribution in [0.1, 0.15) is 37.4 Å². The molecule has 214 valence electrons. The van der Waals surface area contributed by atoms with Crippen molar-refractivity contribution in [3.8, 4) is 11.3 Å². The Hall–Kier alpha value is -4.10. The molecule has 14 heteroatoms. The molecular weight excluding hydrogens is 544 g/mol. The van der Waals surface area contributed by atoms with Crippen molar-refractivity contribution in [3.05, 3.63) is 71.2 Å². The van der Waals surface area contributed by atoms with Crippen molar-refractivity contribution < 1.29 is 40.7 Å². The standard InChI is InChI=1S/C26H25F6N5O3/c1-14(2)40-25(39)34-17(8-16-9-19(28)20(29)11-18(16)27)10-22(38)36-6-7-37-21(13-36)23(15-4-3-5-33-12-15)35-24(37)26(30,31)32/h3-5,9,11-12,14,17H,6-8,10,13H2,1-2H3,(H,34,39). The smallest absolute Gasteiger partial charge is 0.447 e. The summed E-state index contributed by atoms with van der Waals surface area (Å²) in [7, 11) is 0. The summed E-state index contributed by atoms with van der Waals surface area (Å²) in [5.74, 6) is -5.44. The lowest BCUT2D eigenvalue weighted by molar-refractivity contribution is -0.148. The fraction of sp³-hybridized carbons (Fsp3) is 0.385. The molecule has 3 heterocycles. The van der Waals surface area contributed by atoms with Gasteiger partial charge in [-0.15, -0.1) is 0 Å². The average molecular weight is 570 g/mol. The van der Waals surface area contributed by atoms with Gasteiger partial charge in [0.25, 0.3) is 0 Å². The maximum atomic E-state index is 14.3. The number of rotatable bonds is 7. The Balaban J connectivity index is 1.59. The first-order chi connectivity index (χ1) is 18.8. The number of carbonyl (C=O) groups is 2. The number of pyridine rings is 1. The lowest BCUT2D eigenvalue weighted by Gasteiger charge is -2.31. The zero-order chi connectivity index (χ0) is 29.2. The topological polar surface area (TPSA) is 89.4 Å². The van der Waals surface area contributed by atoms with E-state index in [0.717, 1.165) is 4.57 Å². The third-order valence-corrected chi connectivity index (χ3v) is 6.19. The Morgan fingerprint density at radius 1 is 1.10 bits per heavy atom. The number of nitrogens with one attached hydrogen (secondary N) is 1. The van der Waals surface area contributed by atoms with E-state index in [1.807, 2.05) is 0 Å². The number of alkyl halides is 3. The summed E-state index contributed by atoms with van der Waals surface area (Å²) in [6, 6.07) is 2.99. The quantitative estimate of drug-likeness (QED) is 0.325. The highest BCUT2D eigenvalue weighted by Crippen LogP contribution is 2.35. The molecule has 1 aliphatic heterocycles. The van der Waals surface area contributed by atoms with Gasteiger partial charge < -0.3 is 19.5 Å². The van der Waals surface area contributed by atoms with Crippen LogP contribution in [0.25, 0.3) is 11.3 Å². The maximum absolute atomic E-state index is 14.3. The summed E-state index contributed by atoms with van der Waals surface area (Å²) in [6.45, 7) is 2.64. The van der Waals surface area contributed by atoms with Crippen LogP contribution >= 0.6 is 0 Å². The Labute approximate surface area is 225 Å². The van der Waals surface area contributed by atoms with Gasteiger partial charge in [-0.25, -0.2) is 22.9 Å². The summed E-state index contributed by atoms with van der Waals surface area (Å²) in [6.07, 6.45) is -4.16. The SMILES string of the molecule is CC(C)OC(=O)NC(CC(=O)N1CCn2c(C(F)(F)F)nc(-c3cccnc3)c2C1)Cc1cc(F)c(F)cc1F. The lowest BCUT2D eigenvalue weighted by atomic mass is 10.0. The van der Waals surface area contributed by atoms with Crippen LogP contribution in [0.15, 0.2) is 36.7 Å². The predicted octanol–water partition coefficient (Wildman–Crippen LogP) is 4.86. The molecule has 3 aromatic rings. The number of halogens is 6. The fourth-order valence-corrected chi connectivity index (χ4v) is 4.45. The number of aromatic nitrogens is 3. The number of imidazole rings is 1. The van der Waals surface area contributed by atoms with Crippen LogP contribution in [-0.4, -0.2) is 50.1 Å². The molecule has 2 aromatic heterocycles. The molecule has 1 unspecified atom stereocenters. The molecule has 0 radical (unpaired) electrons. The molecule has 4 rings (SSSR count). The molecule has 0 saturated carbocycles. The number of hydrogen-bond acceptors (Lipinski definition) is 5. The number of nitrogens with zero attached hydrogens (tertiary/aromatic N) is 4. The molecule has 8 nitrogen and oxygen atoms in total. The largest absolute Gasteiger partial charge is 0.449 e. The number of carbonyl (C=O) groups excluding carboxylic acids is 2. The highest BCUT2D eigenvalue weighted by atomic mass is 19.4. The average Bonchev–Trinajstić information content (AvgIpc) is 3.27. The molecular formula is C26H25F6N5O3. The van der Waals surface area contributed by atoms with Gasteiger partial charge in [-0.1, -0.05) is 0 Å². The van der Waals surface area contributed by atoms with E-state index in [1.54, 1.807) is 26.0 Å². The van der Waals surface area contributed by atoms with Crippen LogP contribution in [0.3, 0.4) is 0 Å². The van der Waals surface area contributed by atoms with Gasteiger partial charge in [-0.3, -0.25) is 9.78 Å². The van der Waals surface area contributed by atoms with Crippen molar-refractivity contribution in [1.29, 1.82) is 0 Å². The van der Waals surface area contributed by atoms with Crippen LogP contribution in [0.2, 0.25) is 0 Å². The van der Waals surface area contributed by atoms with Gasteiger partial charge in [0.2, 0.25) is 11.7 Å². The van der Waals surface area contributed by atoms with Crippen molar-refractivity contribution in [2.24, 2.45) is 0 Å². The summed E-state index contributed by atoms with van der Waals surface area (Å²) in [4.78, 5) is 34.6. The molecule has 1 aromatic carbocycles. The van der Waals surface area contributed by atoms with Gasteiger partial charge in [0.1, 0.15) is 5.82 Å². The molecule has 0 saturated heterocycles. The second-order valence-electron chi connectivity index (χ2n) is 9.50. The van der Waals surface area contributed by atoms with Gasteiger partial charge in [-0.05, 0) is 44.0 Å². The molecule has 1 atom stereocenters. The summed E-state index contributed by atoms with van der Waals surface area (Å²) in [5, 5.41) is 2.44. The van der Waals surface area contributed by atoms with Gasteiger partial charge in [0, 0.05) is 49.6 Å². The van der Waals surface area contributed by atoms with E-state index < -0.39 is 60.0 Å². The fourth-order valence-electron chi connectivity index (χ4n) is 4.45. The highest BCUT2D eigenvalue weighted by Gasteiger charge is 2.41. The van der Waals surface area contributed by atoms with E-state index >= 15 is 0 Å². The molecule has 0 spiro atoms. The number of fused-ring (bicyclic) bond motifs is 1. The number of hydrogen-bond donors (Lipinski definition) is 1. The third kappa shape index (κ3) is 6.54. The van der Waals surface area contributed by atoms with Crippen LogP contribution in [0.4, 0.5) is 31.1 Å². The Morgan fingerprint density at radius 3 is 2.48 bits per heavy atom. The number of amides is 2. The molecule has 0 aliphatic carbocycles. The van der Waals surface area contributed by atoms with Crippen LogP contribution < -0.4 is 5.32 Å². The minimum atomic E-state index is -4.73. The first-order valence-electron chi connectivity index (χ1n) is 12.3. The Bertz CT molecular complexity index is 1390. The monoisotopic (exact) mass is 569 g/mol. The van der Waals surface area contributed by atoms with Crippen molar-refractivity contribution >= 4 is 12.0 Å². The van der Waals surface area contributed by atoms with Gasteiger partial charge in [0.05, 0.1) is 24.0 Å². The second-order valence-corrected chi connectivity index (χ2v) is 9.50. The Kier molecular flexibility index (Phi) is 8.35. The van der Waals surface area contributed by atoms with Gasteiger partial charge >= 0.3 is 12.3 Å². The van der Waals surface area contributed by atoms with E-state index in [1.165, 1.54) is 17.3 Å². The molecule has 1 N–H and O–H groups in total. The van der Waals surface area contributed by atoms with Crippen molar-refractivity contribution in [2.45, 2.75) is 58.1 Å². The maximum Gasteiger partial charge on any atom is 0.449 e. The van der Waals surface area contributed by atoms with E-state index in [-0.39, 0.29) is 43.0 Å². The zero-order valence-electron chi connectivity index (χ0n) is 21.4. The third-order valence-electron chi connectivity index (χ3n) is 6.19. The second kappa shape index (κ2) is 11.6. The normalized spacial score (nSPS) is 14.2. The van der Waals surface area contributed by atoms with Crippen molar-refractivity contribution in [1.82, 2.24) is 24.8 Å². The minimum absolute atomic E-state index is 0.0250. The summed E-state index contributed by atoms with van der Waals surface area (Å²) >= 11 is 0. The van der Waals surface area contributed by atoms with Crippen LogP contribution in [0, 0.1) is 17.5 Å². The number of ether oxygens (including phenoxy) is 1. The molecule has 40 heavy (non-hydrogen) atoms. The summed E-state index contributed by atoms with van der Waals surface area (Å²) in [5.41, 5.74) is 0.222. The van der Waals surface area contributed by atoms with E-state index in [9.17, 15) is 35.9 Å². The first-order valence-corrected chi connectivity index (χ1v) is 12.3. The van der Waals surface area contributed by atoms with Gasteiger partial charge in [0.15, 0.2) is 11.6 Å². The number of alkyl carbamates (subject to hydrolysis) is 1. The van der Waals surface area contributed by atoms with Gasteiger partial charge in [-0.2, -0.15) is 13.2 Å². The number of benzene rings is 1. The van der Waals surface area contributed by atoms with Crippen LogP contribution in [0.5, 0.6) is 0 Å². The molecule has 2 amide bonds. The first kappa shape index (κ1) is 28.9. The van der Waals surface area contributed by atoms with E-state index in [0.29, 0.717) is 17.7 Å². The van der Waals surface area contributed by atoms with E-state index in [4.69, 9.17) is 4.74 Å². The highest BCUT2D eigenvalue weighted by molar-refractivity contribution is 5.78. The Morgan fingerprint density at radius 2 is 1.82 bits per heavy atom. The molecule has 0 fully saturated rings. The zero-order valence-corrected chi connectivity index (χ0v) is 21.4. The predicted molar refractivity (Wildman–Crippen MR) is 129 cm³/mol. The van der Waals surface area contributed by atoms with Crippen LogP contribution in [-0.2, 0) is 35.2 Å². The lowest BCUT2D eigenvalue weighted by Crippen LogP contribution is -2.45. The summed E-state index contributed by atoms with van der Waals surface area (Å²) < 4.78 is 88.8. The molecule has 1 aliphatic rings. The van der Waals surface area contributed by atoms with Crippen molar-refractivity contribution in [3.63, 3.8) is 0 Å². The van der Waals surface area contributed by atoms with E-state index in [2.05, 4.69) is 15.3 Å². The minimum Gasteiger partial charge on any atom is -0.447 e. The molecule has 0 bridgehead atoms. The van der Waals surface area contributed by atoms with Crippen molar-refractivity contribution in [2.75, 3.05) is 6.54 Å².